The Labute approximate surface area is 39.9 Å². The molecule has 0 atom stereocenters. The summed E-state index contributed by atoms with van der Waals surface area (Å²) in [6.07, 6.45) is -0.972. The largest absolute Gasteiger partial charge is 0.119 e. The van der Waals surface area contributed by atoms with E-state index in [1.807, 2.05) is 0 Å². The second kappa shape index (κ2) is 1.41. The van der Waals surface area contributed by atoms with Crippen molar-refractivity contribution in [3.05, 3.63) is 0 Å². The molecule has 0 heterocycles. The molecule has 0 aliphatic carbocycles. The highest BCUT2D eigenvalue weighted by Crippen LogP contribution is 1.48. The van der Waals surface area contributed by atoms with Crippen LogP contribution in [0.4, 0.5) is 0 Å². The van der Waals surface area contributed by atoms with Gasteiger partial charge < -0.3 is 0 Å². The van der Waals surface area contributed by atoms with Gasteiger partial charge in [-0.05, 0) is 8.41 Å². The normalized spacial score (nSPS) is 41.0. The summed E-state index contributed by atoms with van der Waals surface area (Å²) in [6.45, 7) is -5.40. The Hall–Kier alpha value is 0.0869. The SMILES string of the molecule is [2H]C([2H])=[Si](C([2H])([2H])[2H])C([2H])([2H])[2H]. The van der Waals surface area contributed by atoms with Gasteiger partial charge in [0.05, 0.1) is 0 Å². The zero-order valence-electron chi connectivity index (χ0n) is 10.0. The van der Waals surface area contributed by atoms with Gasteiger partial charge in [-0.1, -0.05) is 13.0 Å². The molecule has 0 amide bonds. The predicted octanol–water partition coefficient (Wildman–Crippen LogP) is 0.754. The first-order chi connectivity index (χ1) is 5.07. The fraction of sp³-hybridized carbons (Fsp3) is 0.667. The smallest absolute Gasteiger partial charge is 0.0483 e. The van der Waals surface area contributed by atoms with Crippen LogP contribution in [0.2, 0.25) is 13.0 Å². The van der Waals surface area contributed by atoms with Crippen molar-refractivity contribution in [3.63, 3.8) is 0 Å². The maximum atomic E-state index is 6.83. The van der Waals surface area contributed by atoms with Gasteiger partial charge in [0.2, 0.25) is 0 Å². The first kappa shape index (κ1) is 0.317. The van der Waals surface area contributed by atoms with Crippen molar-refractivity contribution in [2.24, 2.45) is 0 Å². The first-order valence-electron chi connectivity index (χ1n) is 4.75. The van der Waals surface area contributed by atoms with Gasteiger partial charge in [-0.15, -0.1) is 6.13 Å². The van der Waals surface area contributed by atoms with Gasteiger partial charge in [0.15, 0.2) is 0 Å². The Bertz CT molecular complexity index is 175. The molecule has 0 aromatic rings. The lowest BCUT2D eigenvalue weighted by Crippen LogP contribution is -1.74. The Kier molecular flexibility index (Phi) is 0.112. The van der Waals surface area contributed by atoms with E-state index >= 15 is 0 Å². The number of hydrogen-bond donors (Lipinski definition) is 0. The van der Waals surface area contributed by atoms with Crippen LogP contribution in [0, 0.1) is 0 Å². The molecule has 0 radical (unpaired) electrons. The maximum absolute atomic E-state index is 6.83. The van der Waals surface area contributed by atoms with Crippen LogP contribution in [-0.2, 0) is 0 Å². The number of rotatable bonds is 0. The Morgan fingerprint density at radius 3 is 3.00 bits per heavy atom. The third-order valence-corrected chi connectivity index (χ3v) is 0. The minimum absolute atomic E-state index is 0.972. The fourth-order valence-electron chi connectivity index (χ4n) is 0. The zero-order valence-corrected chi connectivity index (χ0v) is 3.00. The highest BCUT2D eigenvalue weighted by atomic mass is 28.2. The summed E-state index contributed by atoms with van der Waals surface area (Å²) in [6, 6.07) is 0. The molecular weight excluding hydrogens is 64.1 g/mol. The van der Waals surface area contributed by atoms with Crippen LogP contribution >= 0.6 is 0 Å². The van der Waals surface area contributed by atoms with Gasteiger partial charge in [0, 0.05) is 11.0 Å². The third kappa shape index (κ3) is 327. The van der Waals surface area contributed by atoms with E-state index in [0.717, 1.165) is 0 Å². The van der Waals surface area contributed by atoms with E-state index in [1.54, 1.807) is 0 Å². The van der Waals surface area contributed by atoms with E-state index in [0.29, 0.717) is 0 Å². The van der Waals surface area contributed by atoms with Gasteiger partial charge in [0.1, 0.15) is 0 Å². The van der Waals surface area contributed by atoms with Crippen molar-refractivity contribution in [1.29, 1.82) is 0 Å². The molecule has 0 aromatic heterocycles. The Balaban J connectivity index is 5.13. The fourth-order valence-corrected chi connectivity index (χ4v) is 0. The molecule has 0 N–H and O–H groups in total. The first-order valence-corrected chi connectivity index (χ1v) is 2.25. The van der Waals surface area contributed by atoms with Crippen molar-refractivity contribution in [2.75, 3.05) is 0 Å². The van der Waals surface area contributed by atoms with Crippen LogP contribution in [0.15, 0.2) is 0 Å². The van der Waals surface area contributed by atoms with Gasteiger partial charge >= 0.3 is 0 Å². The van der Waals surface area contributed by atoms with Crippen LogP contribution < -0.4 is 0 Å². The molecule has 0 aromatic carbocycles. The summed E-state index contributed by atoms with van der Waals surface area (Å²) in [5.74, 6) is 0. The quantitative estimate of drug-likeness (QED) is 0.377. The standard InChI is InChI=1S/C3H8Si/c1-4(2)3/h1H2,2-3H3/i1D2,2D3,3D3. The molecule has 0 unspecified atom stereocenters. The predicted molar refractivity (Wildman–Crippen MR) is 24.6 cm³/mol. The summed E-state index contributed by atoms with van der Waals surface area (Å²) < 4.78 is 54.5. The lowest BCUT2D eigenvalue weighted by Gasteiger charge is -1.62. The van der Waals surface area contributed by atoms with Crippen LogP contribution in [-0.4, -0.2) is 14.5 Å². The highest BCUT2D eigenvalue weighted by Gasteiger charge is 1.55. The molecule has 0 fully saturated rings. The molecule has 1 heteroatoms. The van der Waals surface area contributed by atoms with E-state index in [9.17, 15) is 0 Å². The molecule has 0 bridgehead atoms. The van der Waals surface area contributed by atoms with E-state index in [-0.39, 0.29) is 0 Å². The molecule has 0 spiro atoms. The topological polar surface area (TPSA) is 0 Å². The van der Waals surface area contributed by atoms with Crippen molar-refractivity contribution < 1.29 is 11.0 Å². The van der Waals surface area contributed by atoms with Gasteiger partial charge in [-0.3, -0.25) is 0 Å². The monoisotopic (exact) mass is 80.1 g/mol. The van der Waals surface area contributed by atoms with Crippen molar-refractivity contribution >= 4 is 14.5 Å². The van der Waals surface area contributed by atoms with E-state index in [1.165, 1.54) is 0 Å². The van der Waals surface area contributed by atoms with E-state index in [4.69, 9.17) is 11.0 Å². The van der Waals surface area contributed by atoms with Gasteiger partial charge in [-0.25, -0.2) is 0 Å². The van der Waals surface area contributed by atoms with Crippen LogP contribution in [0.5, 0.6) is 0 Å². The number of hydrogen-bond acceptors (Lipinski definition) is 0. The average Bonchev–Trinajstić information content (AvgIpc) is 1.49. The molecule has 4 heavy (non-hydrogen) atoms. The average molecular weight is 80.2 g/mol. The minimum atomic E-state index is -3.04. The summed E-state index contributed by atoms with van der Waals surface area (Å²) in [4.78, 5) is 0. The van der Waals surface area contributed by atoms with Crippen molar-refractivity contribution in [3.8, 4) is 0 Å². The third-order valence-electron chi connectivity index (χ3n) is 0. The van der Waals surface area contributed by atoms with Crippen LogP contribution in [0.25, 0.3) is 0 Å². The highest BCUT2D eigenvalue weighted by molar-refractivity contribution is 6.59. The molecule has 0 aliphatic rings. The van der Waals surface area contributed by atoms with Crippen molar-refractivity contribution in [2.45, 2.75) is 13.0 Å². The molecular formula is C3H8Si. The minimum Gasteiger partial charge on any atom is -0.119 e. The Morgan fingerprint density at radius 1 is 2.25 bits per heavy atom. The molecule has 24 valence electrons. The summed E-state index contributed by atoms with van der Waals surface area (Å²) in [5.41, 5.74) is 0. The second-order valence-corrected chi connectivity index (χ2v) is 1.12. The van der Waals surface area contributed by atoms with E-state index < -0.39 is 27.5 Å². The molecule has 0 aliphatic heterocycles. The molecule has 0 saturated carbocycles. The van der Waals surface area contributed by atoms with Gasteiger partial charge in [-0.2, -0.15) is 0 Å². The summed E-state index contributed by atoms with van der Waals surface area (Å²) in [5, 5.41) is 0. The molecule has 0 saturated heterocycles. The summed E-state index contributed by atoms with van der Waals surface area (Å²) >= 11 is 0. The molecule has 0 rings (SSSR count). The lowest BCUT2D eigenvalue weighted by molar-refractivity contribution is 2.12. The zero-order chi connectivity index (χ0) is 10.2. The lowest BCUT2D eigenvalue weighted by atomic mass is 11.9. The maximum Gasteiger partial charge on any atom is 0.0483 e. The van der Waals surface area contributed by atoms with Crippen LogP contribution in [0.1, 0.15) is 11.0 Å². The molecule has 0 nitrogen and oxygen atoms in total. The Morgan fingerprint density at radius 2 is 3.00 bits per heavy atom. The van der Waals surface area contributed by atoms with Crippen LogP contribution in [0.3, 0.4) is 0 Å². The van der Waals surface area contributed by atoms with Crippen molar-refractivity contribution in [1.82, 2.24) is 0 Å². The summed E-state index contributed by atoms with van der Waals surface area (Å²) in [7, 11) is -3.04. The van der Waals surface area contributed by atoms with Gasteiger partial charge in [0.25, 0.3) is 0 Å². The van der Waals surface area contributed by atoms with E-state index in [2.05, 4.69) is 0 Å². The second-order valence-electron chi connectivity index (χ2n) is 0.375.